The highest BCUT2D eigenvalue weighted by Gasteiger charge is 2.29. The summed E-state index contributed by atoms with van der Waals surface area (Å²) in [4.78, 5) is 22.8. The highest BCUT2D eigenvalue weighted by molar-refractivity contribution is 5.94. The number of aliphatic carboxylic acids is 1. The number of carbonyl (C=O) groups is 2. The maximum absolute atomic E-state index is 13.5. The first kappa shape index (κ1) is 16.1. The molecule has 0 spiro atoms. The van der Waals surface area contributed by atoms with E-state index in [1.54, 1.807) is 20.8 Å². The van der Waals surface area contributed by atoms with E-state index in [1.165, 1.54) is 0 Å². The summed E-state index contributed by atoms with van der Waals surface area (Å²) in [5.74, 6) is -3.59. The van der Waals surface area contributed by atoms with Gasteiger partial charge in [0.1, 0.15) is 11.6 Å². The van der Waals surface area contributed by atoms with Crippen molar-refractivity contribution < 1.29 is 23.5 Å². The molecule has 2 N–H and O–H groups in total. The van der Waals surface area contributed by atoms with Crippen molar-refractivity contribution in [2.45, 2.75) is 33.2 Å². The Hall–Kier alpha value is -1.98. The fourth-order valence-corrected chi connectivity index (χ4v) is 1.66. The minimum Gasteiger partial charge on any atom is -0.481 e. The molecule has 0 aromatic heterocycles. The SMILES string of the molecule is CC(C)(C)C(CC(=O)O)NC(=O)c1ccc(F)cc1F. The number of benzene rings is 1. The Bertz CT molecular complexity index is 524. The Morgan fingerprint density at radius 2 is 1.90 bits per heavy atom. The van der Waals surface area contributed by atoms with Gasteiger partial charge in [0, 0.05) is 12.1 Å². The minimum atomic E-state index is -1.06. The standard InChI is InChI=1S/C14H17F2NO3/c1-14(2,3)11(7-12(18)19)17-13(20)9-5-4-8(15)6-10(9)16/h4-6,11H,7H2,1-3H3,(H,17,20)(H,18,19). The Labute approximate surface area is 115 Å². The summed E-state index contributed by atoms with van der Waals surface area (Å²) in [6, 6.07) is 1.94. The maximum atomic E-state index is 13.5. The van der Waals surface area contributed by atoms with Crippen LogP contribution in [0, 0.1) is 17.0 Å². The van der Waals surface area contributed by atoms with Crippen LogP contribution in [0.1, 0.15) is 37.6 Å². The second kappa shape index (κ2) is 5.98. The number of carboxylic acid groups (broad SMARTS) is 1. The smallest absolute Gasteiger partial charge is 0.305 e. The zero-order chi connectivity index (χ0) is 15.5. The summed E-state index contributed by atoms with van der Waals surface area (Å²) in [6.45, 7) is 5.30. The van der Waals surface area contributed by atoms with Crippen LogP contribution in [0.2, 0.25) is 0 Å². The molecule has 0 saturated carbocycles. The summed E-state index contributed by atoms with van der Waals surface area (Å²) < 4.78 is 26.3. The van der Waals surface area contributed by atoms with Gasteiger partial charge in [-0.15, -0.1) is 0 Å². The molecule has 1 aromatic rings. The van der Waals surface area contributed by atoms with Crippen LogP contribution in [-0.4, -0.2) is 23.0 Å². The summed E-state index contributed by atoms with van der Waals surface area (Å²) in [5.41, 5.74) is -0.823. The van der Waals surface area contributed by atoms with Gasteiger partial charge in [-0.2, -0.15) is 0 Å². The molecule has 0 aliphatic rings. The Morgan fingerprint density at radius 1 is 1.30 bits per heavy atom. The third kappa shape index (κ3) is 4.29. The third-order valence-electron chi connectivity index (χ3n) is 2.91. The van der Waals surface area contributed by atoms with Crippen molar-refractivity contribution in [1.29, 1.82) is 0 Å². The average Bonchev–Trinajstić information content (AvgIpc) is 2.25. The average molecular weight is 285 g/mol. The van der Waals surface area contributed by atoms with Crippen molar-refractivity contribution in [3.63, 3.8) is 0 Å². The van der Waals surface area contributed by atoms with Crippen LogP contribution in [-0.2, 0) is 4.79 Å². The van der Waals surface area contributed by atoms with Crippen molar-refractivity contribution in [3.05, 3.63) is 35.4 Å². The lowest BCUT2D eigenvalue weighted by molar-refractivity contribution is -0.138. The highest BCUT2D eigenvalue weighted by atomic mass is 19.1. The Balaban J connectivity index is 2.93. The van der Waals surface area contributed by atoms with Crippen LogP contribution >= 0.6 is 0 Å². The molecule has 1 amide bonds. The third-order valence-corrected chi connectivity index (χ3v) is 2.91. The van der Waals surface area contributed by atoms with E-state index in [0.717, 1.165) is 12.1 Å². The van der Waals surface area contributed by atoms with E-state index in [0.29, 0.717) is 6.07 Å². The highest BCUT2D eigenvalue weighted by Crippen LogP contribution is 2.22. The number of rotatable bonds is 4. The summed E-state index contributed by atoms with van der Waals surface area (Å²) in [5, 5.41) is 11.3. The second-order valence-electron chi connectivity index (χ2n) is 5.61. The molecule has 0 saturated heterocycles. The predicted molar refractivity (Wildman–Crippen MR) is 69.3 cm³/mol. The van der Waals surface area contributed by atoms with Crippen LogP contribution in [0.5, 0.6) is 0 Å². The molecule has 1 unspecified atom stereocenters. The number of hydrogen-bond donors (Lipinski definition) is 2. The zero-order valence-corrected chi connectivity index (χ0v) is 11.5. The lowest BCUT2D eigenvalue weighted by Gasteiger charge is -2.30. The molecule has 0 heterocycles. The number of amides is 1. The molecule has 20 heavy (non-hydrogen) atoms. The molecule has 1 atom stereocenters. The predicted octanol–water partition coefficient (Wildman–Crippen LogP) is 2.58. The van der Waals surface area contributed by atoms with E-state index in [9.17, 15) is 18.4 Å². The molecule has 0 aliphatic carbocycles. The Morgan fingerprint density at radius 3 is 2.35 bits per heavy atom. The van der Waals surface area contributed by atoms with E-state index < -0.39 is 35.0 Å². The quantitative estimate of drug-likeness (QED) is 0.893. The van der Waals surface area contributed by atoms with E-state index in [1.807, 2.05) is 0 Å². The lowest BCUT2D eigenvalue weighted by atomic mass is 9.84. The minimum absolute atomic E-state index is 0.280. The number of carbonyl (C=O) groups excluding carboxylic acids is 1. The van der Waals surface area contributed by atoms with E-state index >= 15 is 0 Å². The summed E-state index contributed by atoms with van der Waals surface area (Å²) in [7, 11) is 0. The van der Waals surface area contributed by atoms with Gasteiger partial charge in [-0.25, -0.2) is 8.78 Å². The van der Waals surface area contributed by atoms with Gasteiger partial charge in [-0.1, -0.05) is 20.8 Å². The molecule has 0 bridgehead atoms. The first-order valence-corrected chi connectivity index (χ1v) is 6.09. The van der Waals surface area contributed by atoms with Crippen molar-refractivity contribution in [3.8, 4) is 0 Å². The van der Waals surface area contributed by atoms with Gasteiger partial charge in [0.15, 0.2) is 0 Å². The van der Waals surface area contributed by atoms with Crippen LogP contribution in [0.4, 0.5) is 8.78 Å². The zero-order valence-electron chi connectivity index (χ0n) is 11.5. The molecule has 0 radical (unpaired) electrons. The van der Waals surface area contributed by atoms with E-state index in [-0.39, 0.29) is 12.0 Å². The Kier molecular flexibility index (Phi) is 4.81. The number of halogens is 2. The van der Waals surface area contributed by atoms with Gasteiger partial charge in [0.05, 0.1) is 12.0 Å². The van der Waals surface area contributed by atoms with Crippen LogP contribution in [0.25, 0.3) is 0 Å². The molecule has 110 valence electrons. The molecule has 1 aromatic carbocycles. The van der Waals surface area contributed by atoms with Gasteiger partial charge in [0.2, 0.25) is 0 Å². The van der Waals surface area contributed by atoms with Gasteiger partial charge in [0.25, 0.3) is 5.91 Å². The van der Waals surface area contributed by atoms with Crippen molar-refractivity contribution in [2.24, 2.45) is 5.41 Å². The molecule has 0 aliphatic heterocycles. The largest absolute Gasteiger partial charge is 0.481 e. The van der Waals surface area contributed by atoms with E-state index in [2.05, 4.69) is 5.32 Å². The topological polar surface area (TPSA) is 66.4 Å². The fraction of sp³-hybridized carbons (Fsp3) is 0.429. The molecule has 0 fully saturated rings. The normalized spacial score (nSPS) is 12.8. The van der Waals surface area contributed by atoms with Gasteiger partial charge in [-0.05, 0) is 17.5 Å². The lowest BCUT2D eigenvalue weighted by Crippen LogP contribution is -2.45. The second-order valence-corrected chi connectivity index (χ2v) is 5.61. The monoisotopic (exact) mass is 285 g/mol. The van der Waals surface area contributed by atoms with Gasteiger partial charge in [-0.3, -0.25) is 9.59 Å². The van der Waals surface area contributed by atoms with E-state index in [4.69, 9.17) is 5.11 Å². The fourth-order valence-electron chi connectivity index (χ4n) is 1.66. The molecule has 6 heteroatoms. The summed E-state index contributed by atoms with van der Waals surface area (Å²) in [6.07, 6.45) is -0.280. The number of hydrogen-bond acceptors (Lipinski definition) is 2. The molecule has 1 rings (SSSR count). The number of carboxylic acids is 1. The van der Waals surface area contributed by atoms with Crippen molar-refractivity contribution in [1.82, 2.24) is 5.32 Å². The van der Waals surface area contributed by atoms with Gasteiger partial charge >= 0.3 is 5.97 Å². The van der Waals surface area contributed by atoms with Crippen LogP contribution < -0.4 is 5.32 Å². The molecular formula is C14H17F2NO3. The number of nitrogens with one attached hydrogen (secondary N) is 1. The summed E-state index contributed by atoms with van der Waals surface area (Å²) >= 11 is 0. The molecule has 4 nitrogen and oxygen atoms in total. The maximum Gasteiger partial charge on any atom is 0.305 e. The van der Waals surface area contributed by atoms with Crippen molar-refractivity contribution in [2.75, 3.05) is 0 Å². The van der Waals surface area contributed by atoms with Crippen LogP contribution in [0.15, 0.2) is 18.2 Å². The van der Waals surface area contributed by atoms with Gasteiger partial charge < -0.3 is 10.4 Å². The first-order chi connectivity index (χ1) is 9.11. The van der Waals surface area contributed by atoms with Crippen molar-refractivity contribution >= 4 is 11.9 Å². The van der Waals surface area contributed by atoms with Crippen LogP contribution in [0.3, 0.4) is 0 Å². The first-order valence-electron chi connectivity index (χ1n) is 6.09. The molecular weight excluding hydrogens is 268 g/mol.